The van der Waals surface area contributed by atoms with Gasteiger partial charge in [-0.3, -0.25) is 0 Å². The molecule has 0 spiro atoms. The molecule has 3 aromatic rings. The number of aliphatic imine (C=N–C) groups is 1. The summed E-state index contributed by atoms with van der Waals surface area (Å²) in [5.41, 5.74) is 6.71. The maximum Gasteiger partial charge on any atom is 0.193 e. The molecule has 0 atom stereocenters. The second-order valence-corrected chi connectivity index (χ2v) is 5.42. The summed E-state index contributed by atoms with van der Waals surface area (Å²) in [5, 5.41) is 5.28. The van der Waals surface area contributed by atoms with Gasteiger partial charge in [0.15, 0.2) is 5.96 Å². The normalized spacial score (nSPS) is 11.3. The quantitative estimate of drug-likeness (QED) is 0.410. The van der Waals surface area contributed by atoms with E-state index in [-0.39, 0.29) is 0 Å². The average Bonchev–Trinajstić information content (AvgIpc) is 2.66. The van der Waals surface area contributed by atoms with Crippen LogP contribution in [0.5, 0.6) is 11.5 Å². The van der Waals surface area contributed by atoms with Gasteiger partial charge in [0.05, 0.1) is 19.3 Å². The summed E-state index contributed by atoms with van der Waals surface area (Å²) >= 11 is 0. The SMILES string of the molecule is COc1ccccc1NC(N)=NCCOc1cccc2ccccc12. The number of nitrogens with two attached hydrogens (primary N) is 1. The van der Waals surface area contributed by atoms with Gasteiger partial charge in [0, 0.05) is 5.39 Å². The van der Waals surface area contributed by atoms with Crippen LogP contribution in [0.15, 0.2) is 71.7 Å². The number of hydrogen-bond acceptors (Lipinski definition) is 3. The van der Waals surface area contributed by atoms with E-state index in [9.17, 15) is 0 Å². The molecule has 5 heteroatoms. The molecule has 5 nitrogen and oxygen atoms in total. The van der Waals surface area contributed by atoms with E-state index in [4.69, 9.17) is 15.2 Å². The number of nitrogens with zero attached hydrogens (tertiary/aromatic N) is 1. The molecule has 3 aromatic carbocycles. The minimum absolute atomic E-state index is 0.325. The summed E-state index contributed by atoms with van der Waals surface area (Å²) in [5.74, 6) is 1.89. The molecular weight excluding hydrogens is 314 g/mol. The lowest BCUT2D eigenvalue weighted by Gasteiger charge is -2.11. The molecule has 3 N–H and O–H groups in total. The highest BCUT2D eigenvalue weighted by Gasteiger charge is 2.03. The minimum Gasteiger partial charge on any atom is -0.495 e. The molecule has 0 amide bonds. The van der Waals surface area contributed by atoms with Crippen LogP contribution >= 0.6 is 0 Å². The molecule has 0 aliphatic rings. The van der Waals surface area contributed by atoms with E-state index in [0.29, 0.717) is 24.9 Å². The highest BCUT2D eigenvalue weighted by Crippen LogP contribution is 2.25. The van der Waals surface area contributed by atoms with Gasteiger partial charge in [0.1, 0.15) is 18.1 Å². The highest BCUT2D eigenvalue weighted by atomic mass is 16.5. The van der Waals surface area contributed by atoms with Crippen LogP contribution in [-0.4, -0.2) is 26.2 Å². The zero-order valence-corrected chi connectivity index (χ0v) is 14.1. The highest BCUT2D eigenvalue weighted by molar-refractivity contribution is 5.93. The zero-order chi connectivity index (χ0) is 17.5. The summed E-state index contributed by atoms with van der Waals surface area (Å²) in [6, 6.07) is 21.7. The lowest BCUT2D eigenvalue weighted by molar-refractivity contribution is 0.332. The molecule has 0 saturated carbocycles. The number of para-hydroxylation sites is 2. The molecule has 0 aliphatic carbocycles. The molecule has 3 rings (SSSR count). The maximum absolute atomic E-state index is 5.93. The van der Waals surface area contributed by atoms with E-state index in [1.165, 1.54) is 0 Å². The Labute approximate surface area is 147 Å². The van der Waals surface area contributed by atoms with Crippen molar-refractivity contribution >= 4 is 22.4 Å². The van der Waals surface area contributed by atoms with Crippen LogP contribution in [0.3, 0.4) is 0 Å². The molecule has 0 aliphatic heterocycles. The van der Waals surface area contributed by atoms with Crippen molar-refractivity contribution in [1.29, 1.82) is 0 Å². The van der Waals surface area contributed by atoms with E-state index in [1.54, 1.807) is 7.11 Å². The lowest BCUT2D eigenvalue weighted by Crippen LogP contribution is -2.23. The fraction of sp³-hybridized carbons (Fsp3) is 0.150. The van der Waals surface area contributed by atoms with Gasteiger partial charge in [-0.05, 0) is 23.6 Å². The predicted octanol–water partition coefficient (Wildman–Crippen LogP) is 3.65. The smallest absolute Gasteiger partial charge is 0.193 e. The number of hydrogen-bond donors (Lipinski definition) is 2. The van der Waals surface area contributed by atoms with Crippen molar-refractivity contribution in [3.05, 3.63) is 66.7 Å². The van der Waals surface area contributed by atoms with Crippen LogP contribution in [0.2, 0.25) is 0 Å². The van der Waals surface area contributed by atoms with E-state index in [0.717, 1.165) is 22.2 Å². The molecule has 25 heavy (non-hydrogen) atoms. The van der Waals surface area contributed by atoms with Crippen LogP contribution in [0.1, 0.15) is 0 Å². The molecule has 0 heterocycles. The van der Waals surface area contributed by atoms with Crippen LogP contribution < -0.4 is 20.5 Å². The van der Waals surface area contributed by atoms with Gasteiger partial charge >= 0.3 is 0 Å². The first-order valence-electron chi connectivity index (χ1n) is 8.08. The first kappa shape index (κ1) is 16.6. The molecule has 0 fully saturated rings. The molecule has 0 radical (unpaired) electrons. The number of nitrogens with one attached hydrogen (secondary N) is 1. The number of anilines is 1. The van der Waals surface area contributed by atoms with Crippen molar-refractivity contribution in [1.82, 2.24) is 0 Å². The number of methoxy groups -OCH3 is 1. The van der Waals surface area contributed by atoms with Crippen molar-refractivity contribution < 1.29 is 9.47 Å². The zero-order valence-electron chi connectivity index (χ0n) is 14.1. The first-order valence-corrected chi connectivity index (χ1v) is 8.08. The third kappa shape index (κ3) is 4.20. The van der Waals surface area contributed by atoms with Crippen LogP contribution in [0.25, 0.3) is 10.8 Å². The second-order valence-electron chi connectivity index (χ2n) is 5.42. The largest absolute Gasteiger partial charge is 0.495 e. The third-order valence-corrected chi connectivity index (χ3v) is 3.75. The minimum atomic E-state index is 0.325. The van der Waals surface area contributed by atoms with Gasteiger partial charge in [0.25, 0.3) is 0 Å². The van der Waals surface area contributed by atoms with Gasteiger partial charge < -0.3 is 20.5 Å². The topological polar surface area (TPSA) is 68.9 Å². The van der Waals surface area contributed by atoms with E-state index in [1.807, 2.05) is 54.6 Å². The van der Waals surface area contributed by atoms with Crippen LogP contribution in [0, 0.1) is 0 Å². The molecule has 0 aromatic heterocycles. The Morgan fingerprint density at radius 3 is 2.56 bits per heavy atom. The van der Waals surface area contributed by atoms with Crippen LogP contribution in [0.4, 0.5) is 5.69 Å². The van der Waals surface area contributed by atoms with Gasteiger partial charge in [-0.25, -0.2) is 4.99 Å². The van der Waals surface area contributed by atoms with E-state index in [2.05, 4.69) is 22.4 Å². The van der Waals surface area contributed by atoms with Crippen molar-refractivity contribution in [2.24, 2.45) is 10.7 Å². The second kappa shape index (κ2) is 8.06. The van der Waals surface area contributed by atoms with Crippen molar-refractivity contribution in [3.63, 3.8) is 0 Å². The number of guanidine groups is 1. The lowest BCUT2D eigenvalue weighted by atomic mass is 10.1. The van der Waals surface area contributed by atoms with Crippen molar-refractivity contribution in [2.75, 3.05) is 25.6 Å². The fourth-order valence-electron chi connectivity index (χ4n) is 2.57. The Bertz CT molecular complexity index is 872. The summed E-state index contributed by atoms with van der Waals surface area (Å²) in [7, 11) is 1.62. The fourth-order valence-corrected chi connectivity index (χ4v) is 2.57. The molecule has 0 unspecified atom stereocenters. The number of rotatable bonds is 6. The Balaban J connectivity index is 1.57. The Hall–Kier alpha value is -3.21. The summed E-state index contributed by atoms with van der Waals surface area (Å²) < 4.78 is 11.1. The monoisotopic (exact) mass is 335 g/mol. The van der Waals surface area contributed by atoms with Gasteiger partial charge in [-0.1, -0.05) is 48.5 Å². The van der Waals surface area contributed by atoms with Gasteiger partial charge in [-0.2, -0.15) is 0 Å². The van der Waals surface area contributed by atoms with Gasteiger partial charge in [-0.15, -0.1) is 0 Å². The Morgan fingerprint density at radius 1 is 0.960 bits per heavy atom. The number of fused-ring (bicyclic) bond motifs is 1. The summed E-state index contributed by atoms with van der Waals surface area (Å²) in [4.78, 5) is 4.29. The van der Waals surface area contributed by atoms with Crippen LogP contribution in [-0.2, 0) is 0 Å². The molecular formula is C20H21N3O2. The Morgan fingerprint density at radius 2 is 1.68 bits per heavy atom. The summed E-state index contributed by atoms with van der Waals surface area (Å²) in [6.07, 6.45) is 0. The predicted molar refractivity (Wildman–Crippen MR) is 103 cm³/mol. The maximum atomic E-state index is 5.93. The van der Waals surface area contributed by atoms with Gasteiger partial charge in [0.2, 0.25) is 0 Å². The average molecular weight is 335 g/mol. The van der Waals surface area contributed by atoms with Crippen molar-refractivity contribution in [2.45, 2.75) is 0 Å². The third-order valence-electron chi connectivity index (χ3n) is 3.75. The molecule has 128 valence electrons. The molecule has 0 saturated heterocycles. The summed E-state index contributed by atoms with van der Waals surface area (Å²) in [6.45, 7) is 0.902. The first-order chi connectivity index (χ1) is 12.3. The standard InChI is InChI=1S/C20H21N3O2/c1-24-19-11-5-4-10-17(19)23-20(21)22-13-14-25-18-12-6-8-15-7-2-3-9-16(15)18/h2-12H,13-14H2,1H3,(H3,21,22,23). The number of ether oxygens (including phenoxy) is 2. The number of benzene rings is 3. The molecule has 0 bridgehead atoms. The van der Waals surface area contributed by atoms with E-state index >= 15 is 0 Å². The van der Waals surface area contributed by atoms with Crippen molar-refractivity contribution in [3.8, 4) is 11.5 Å². The van der Waals surface area contributed by atoms with E-state index < -0.39 is 0 Å². The Kier molecular flexibility index (Phi) is 5.36.